The molecule has 9 nitrogen and oxygen atoms in total. The van der Waals surface area contributed by atoms with Gasteiger partial charge in [-0.15, -0.1) is 0 Å². The van der Waals surface area contributed by atoms with Crippen molar-refractivity contribution in [2.24, 2.45) is 0 Å². The fourth-order valence-corrected chi connectivity index (χ4v) is 7.31. The third-order valence-electron chi connectivity index (χ3n) is 10.7. The van der Waals surface area contributed by atoms with E-state index in [9.17, 15) is 19.0 Å². The molecule has 0 heterocycles. The third-order valence-corrected chi connectivity index (χ3v) is 11.7. The van der Waals surface area contributed by atoms with E-state index in [0.29, 0.717) is 17.4 Å². The number of phosphoric acid groups is 1. The van der Waals surface area contributed by atoms with Gasteiger partial charge in [-0.3, -0.25) is 18.6 Å². The van der Waals surface area contributed by atoms with Crippen molar-refractivity contribution >= 4 is 19.8 Å². The molecule has 0 spiro atoms. The lowest BCUT2D eigenvalue weighted by atomic mass is 10.1. The number of allylic oxidation sites excluding steroid dienone is 22. The molecule has 0 rings (SSSR count). The van der Waals surface area contributed by atoms with Gasteiger partial charge >= 0.3 is 19.8 Å². The average Bonchev–Trinajstić information content (AvgIpc) is 3.32. The third kappa shape index (κ3) is 53.5. The van der Waals surface area contributed by atoms with Crippen LogP contribution in [0.2, 0.25) is 0 Å². The summed E-state index contributed by atoms with van der Waals surface area (Å²) >= 11 is 0. The highest BCUT2D eigenvalue weighted by molar-refractivity contribution is 7.47. The minimum absolute atomic E-state index is 0.0150. The van der Waals surface area contributed by atoms with Gasteiger partial charge < -0.3 is 18.9 Å². The fraction of sp³-hybridized carbons (Fsp3) is 0.600. The second-order valence-electron chi connectivity index (χ2n) is 18.5. The first-order valence-electron chi connectivity index (χ1n) is 26.9. The van der Waals surface area contributed by atoms with Crippen molar-refractivity contribution in [1.82, 2.24) is 0 Å². The molecule has 70 heavy (non-hydrogen) atoms. The number of nitrogens with zero attached hydrogens (tertiary/aromatic N) is 1. The largest absolute Gasteiger partial charge is 0.472 e. The van der Waals surface area contributed by atoms with Gasteiger partial charge in [0.1, 0.15) is 19.8 Å². The van der Waals surface area contributed by atoms with E-state index in [2.05, 4.69) is 148 Å². The quantitative estimate of drug-likeness (QED) is 0.0211. The van der Waals surface area contributed by atoms with E-state index in [0.717, 1.165) is 122 Å². The smallest absolute Gasteiger partial charge is 0.462 e. The molecule has 0 aliphatic rings. The molecule has 0 aliphatic heterocycles. The van der Waals surface area contributed by atoms with Gasteiger partial charge in [0.05, 0.1) is 27.7 Å². The fourth-order valence-electron chi connectivity index (χ4n) is 6.57. The summed E-state index contributed by atoms with van der Waals surface area (Å²) in [6.07, 6.45) is 72.2. The molecule has 0 aliphatic carbocycles. The van der Waals surface area contributed by atoms with Gasteiger partial charge in [-0.1, -0.05) is 192 Å². The van der Waals surface area contributed by atoms with E-state index in [-0.39, 0.29) is 26.1 Å². The van der Waals surface area contributed by atoms with Crippen molar-refractivity contribution in [3.8, 4) is 0 Å². The Morgan fingerprint density at radius 1 is 0.443 bits per heavy atom. The Morgan fingerprint density at radius 3 is 1.16 bits per heavy atom. The van der Waals surface area contributed by atoms with E-state index in [1.807, 2.05) is 21.1 Å². The number of esters is 2. The lowest BCUT2D eigenvalue weighted by Gasteiger charge is -2.24. The van der Waals surface area contributed by atoms with Crippen molar-refractivity contribution in [3.05, 3.63) is 134 Å². The van der Waals surface area contributed by atoms with Gasteiger partial charge in [0.15, 0.2) is 6.10 Å². The number of rotatable bonds is 47. The Bertz CT molecular complexity index is 1640. The topological polar surface area (TPSA) is 108 Å². The van der Waals surface area contributed by atoms with Gasteiger partial charge in [-0.2, -0.15) is 0 Å². The maximum absolute atomic E-state index is 12.8. The lowest BCUT2D eigenvalue weighted by Crippen LogP contribution is -2.37. The number of ether oxygens (including phenoxy) is 2. The van der Waals surface area contributed by atoms with E-state index < -0.39 is 32.5 Å². The summed E-state index contributed by atoms with van der Waals surface area (Å²) < 4.78 is 34.5. The Balaban J connectivity index is 4.36. The summed E-state index contributed by atoms with van der Waals surface area (Å²) in [6.45, 7) is 4.13. The maximum atomic E-state index is 12.8. The predicted octanol–water partition coefficient (Wildman–Crippen LogP) is 16.6. The van der Waals surface area contributed by atoms with E-state index in [1.54, 1.807) is 0 Å². The number of hydrogen-bond donors (Lipinski definition) is 1. The van der Waals surface area contributed by atoms with Crippen LogP contribution in [0.3, 0.4) is 0 Å². The molecule has 1 N–H and O–H groups in total. The first kappa shape index (κ1) is 66.2. The van der Waals surface area contributed by atoms with Crippen molar-refractivity contribution in [2.45, 2.75) is 187 Å². The number of quaternary nitrogens is 1. The van der Waals surface area contributed by atoms with Crippen molar-refractivity contribution in [3.63, 3.8) is 0 Å². The van der Waals surface area contributed by atoms with Crippen LogP contribution in [-0.2, 0) is 32.7 Å². The Kier molecular flexibility index (Phi) is 47.3. The normalized spacial score (nSPS) is 14.4. The van der Waals surface area contributed by atoms with Crippen LogP contribution in [-0.4, -0.2) is 74.9 Å². The van der Waals surface area contributed by atoms with Crippen LogP contribution in [0, 0.1) is 0 Å². The van der Waals surface area contributed by atoms with Gasteiger partial charge in [0, 0.05) is 12.8 Å². The van der Waals surface area contributed by atoms with Crippen molar-refractivity contribution in [1.29, 1.82) is 0 Å². The SMILES string of the molecule is CC/C=C\C/C=C\C/C=C\C/C=C\C/C=C\C/C=C\C/C=C\CCCCCC(=O)OC(COC(=O)CCCCCCCCCC/C=C\C/C=C\C/C=C\C/C=C\CC)COP(=O)(O)OCC[N+](C)(C)C. The predicted molar refractivity (Wildman–Crippen MR) is 297 cm³/mol. The van der Waals surface area contributed by atoms with Crippen LogP contribution in [0.4, 0.5) is 0 Å². The molecule has 0 amide bonds. The molecule has 0 saturated carbocycles. The molecule has 10 heteroatoms. The molecule has 0 aromatic carbocycles. The zero-order valence-corrected chi connectivity index (χ0v) is 45.6. The molecule has 2 unspecified atom stereocenters. The Labute approximate surface area is 428 Å². The molecule has 0 fully saturated rings. The molecule has 0 aromatic rings. The second-order valence-corrected chi connectivity index (χ2v) is 19.9. The zero-order valence-electron chi connectivity index (χ0n) is 44.7. The molecule has 2 atom stereocenters. The zero-order chi connectivity index (χ0) is 51.3. The molecule has 396 valence electrons. The molecule has 0 saturated heterocycles. The van der Waals surface area contributed by atoms with E-state index in [1.165, 1.54) is 25.7 Å². The van der Waals surface area contributed by atoms with Crippen LogP contribution in [0.1, 0.15) is 181 Å². The number of likely N-dealkylation sites (N-methyl/N-ethyl adjacent to an activating group) is 1. The average molecular weight is 993 g/mol. The van der Waals surface area contributed by atoms with Crippen LogP contribution in [0.25, 0.3) is 0 Å². The van der Waals surface area contributed by atoms with Crippen LogP contribution < -0.4 is 0 Å². The number of carbonyl (C=O) groups excluding carboxylic acids is 2. The van der Waals surface area contributed by atoms with Gasteiger partial charge in [0.2, 0.25) is 0 Å². The summed E-state index contributed by atoms with van der Waals surface area (Å²) in [5, 5.41) is 0. The number of phosphoric ester groups is 1. The van der Waals surface area contributed by atoms with Crippen LogP contribution >= 0.6 is 7.82 Å². The second kappa shape index (κ2) is 50.1. The lowest BCUT2D eigenvalue weighted by molar-refractivity contribution is -0.870. The van der Waals surface area contributed by atoms with E-state index in [4.69, 9.17) is 18.5 Å². The molecular formula is C60H99NO8P+. The minimum Gasteiger partial charge on any atom is -0.462 e. The molecular weight excluding hydrogens is 894 g/mol. The monoisotopic (exact) mass is 993 g/mol. The highest BCUT2D eigenvalue weighted by Gasteiger charge is 2.27. The first-order chi connectivity index (χ1) is 34.0. The van der Waals surface area contributed by atoms with Gasteiger partial charge in [-0.25, -0.2) is 4.57 Å². The first-order valence-corrected chi connectivity index (χ1v) is 28.4. The van der Waals surface area contributed by atoms with Gasteiger partial charge in [0.25, 0.3) is 0 Å². The van der Waals surface area contributed by atoms with Crippen LogP contribution in [0.5, 0.6) is 0 Å². The minimum atomic E-state index is -4.41. The number of unbranched alkanes of at least 4 members (excludes halogenated alkanes) is 11. The van der Waals surface area contributed by atoms with Crippen LogP contribution in [0.15, 0.2) is 134 Å². The highest BCUT2D eigenvalue weighted by Crippen LogP contribution is 2.43. The summed E-state index contributed by atoms with van der Waals surface area (Å²) in [6, 6.07) is 0. The summed E-state index contributed by atoms with van der Waals surface area (Å²) in [5.41, 5.74) is 0. The molecule has 0 bridgehead atoms. The summed E-state index contributed by atoms with van der Waals surface area (Å²) in [7, 11) is 1.42. The Hall–Kier alpha value is -3.85. The Morgan fingerprint density at radius 2 is 0.771 bits per heavy atom. The standard InChI is InChI=1S/C60H98NO8P/c1-6-8-10-12-14-16-18-20-22-24-26-28-29-30-31-33-35-37-39-41-43-45-47-49-51-53-60(63)69-58(57-68-70(64,65)67-55-54-61(3,4)5)56-66-59(62)52-50-48-46-44-42-40-38-36-34-32-27-25-23-21-19-17-15-13-11-9-7-2/h8-11,14-17,20-23,26-28,30-32,35,37,41,43,58H,6-7,12-13,18-19,24-25,29,33-34,36,38-40,42,44-57H2,1-5H3/p+1/b10-8-,11-9-,16-14-,17-15-,22-20-,23-21-,28-26-,31-30-,32-27-,37-35-,43-41-. The van der Waals surface area contributed by atoms with Crippen molar-refractivity contribution in [2.75, 3.05) is 47.5 Å². The number of hydrogen-bond acceptors (Lipinski definition) is 7. The summed E-state index contributed by atoms with van der Waals surface area (Å²) in [4.78, 5) is 35.6. The van der Waals surface area contributed by atoms with Gasteiger partial charge in [-0.05, 0) is 109 Å². The molecule has 0 radical (unpaired) electrons. The maximum Gasteiger partial charge on any atom is 0.472 e. The van der Waals surface area contributed by atoms with Crippen molar-refractivity contribution < 1.29 is 42.1 Å². The van der Waals surface area contributed by atoms with E-state index >= 15 is 0 Å². The number of carbonyl (C=O) groups is 2. The highest BCUT2D eigenvalue weighted by atomic mass is 31.2. The summed E-state index contributed by atoms with van der Waals surface area (Å²) in [5.74, 6) is -0.858. The molecule has 0 aromatic heterocycles.